The second-order valence-corrected chi connectivity index (χ2v) is 4.79. The standard InChI is InChI=1S/C15H17FN2O2/c1-3-7-17-8-6-14(19)18(15(17)20)10-12-4-5-13(16)9-11(12)2/h4-6,8-9H,3,7,10H2,1-2H3. The van der Waals surface area contributed by atoms with Crippen LogP contribution >= 0.6 is 0 Å². The number of aromatic nitrogens is 2. The van der Waals surface area contributed by atoms with Crippen LogP contribution in [0.5, 0.6) is 0 Å². The summed E-state index contributed by atoms with van der Waals surface area (Å²) in [6.07, 6.45) is 2.33. The Labute approximate surface area is 116 Å². The second kappa shape index (κ2) is 5.86. The molecular weight excluding hydrogens is 259 g/mol. The van der Waals surface area contributed by atoms with Crippen molar-refractivity contribution in [2.75, 3.05) is 0 Å². The van der Waals surface area contributed by atoms with Crippen molar-refractivity contribution in [1.29, 1.82) is 0 Å². The largest absolute Gasteiger partial charge is 0.331 e. The molecule has 0 radical (unpaired) electrons. The van der Waals surface area contributed by atoms with Crippen molar-refractivity contribution in [2.24, 2.45) is 0 Å². The zero-order chi connectivity index (χ0) is 14.7. The highest BCUT2D eigenvalue weighted by molar-refractivity contribution is 5.26. The van der Waals surface area contributed by atoms with Gasteiger partial charge in [0.25, 0.3) is 5.56 Å². The average Bonchev–Trinajstić information content (AvgIpc) is 2.40. The van der Waals surface area contributed by atoms with Gasteiger partial charge in [0.2, 0.25) is 0 Å². The summed E-state index contributed by atoms with van der Waals surface area (Å²) in [5.74, 6) is -0.324. The van der Waals surface area contributed by atoms with Crippen molar-refractivity contribution in [3.05, 3.63) is 68.2 Å². The Hall–Kier alpha value is -2.17. The molecule has 0 amide bonds. The Morgan fingerprint density at radius 2 is 1.95 bits per heavy atom. The lowest BCUT2D eigenvalue weighted by atomic mass is 10.1. The van der Waals surface area contributed by atoms with Crippen LogP contribution in [0.2, 0.25) is 0 Å². The SMILES string of the molecule is CCCn1ccc(=O)n(Cc2ccc(F)cc2C)c1=O. The van der Waals surface area contributed by atoms with Gasteiger partial charge < -0.3 is 4.57 Å². The number of hydrogen-bond acceptors (Lipinski definition) is 2. The van der Waals surface area contributed by atoms with E-state index in [4.69, 9.17) is 0 Å². The molecule has 0 spiro atoms. The van der Waals surface area contributed by atoms with E-state index in [1.165, 1.54) is 33.5 Å². The first-order valence-corrected chi connectivity index (χ1v) is 6.58. The highest BCUT2D eigenvalue weighted by Crippen LogP contribution is 2.10. The summed E-state index contributed by atoms with van der Waals surface area (Å²) in [6.45, 7) is 4.46. The Bertz CT molecular complexity index is 731. The van der Waals surface area contributed by atoms with Gasteiger partial charge in [-0.2, -0.15) is 0 Å². The third kappa shape index (κ3) is 2.87. The summed E-state index contributed by atoms with van der Waals surface area (Å²) < 4.78 is 15.8. The minimum absolute atomic E-state index is 0.161. The monoisotopic (exact) mass is 276 g/mol. The number of rotatable bonds is 4. The molecule has 4 nitrogen and oxygen atoms in total. The summed E-state index contributed by atoms with van der Waals surface area (Å²) in [7, 11) is 0. The van der Waals surface area contributed by atoms with Gasteiger partial charge in [-0.05, 0) is 36.6 Å². The van der Waals surface area contributed by atoms with Crippen LogP contribution in [0.25, 0.3) is 0 Å². The van der Waals surface area contributed by atoms with Crippen molar-refractivity contribution in [3.8, 4) is 0 Å². The fraction of sp³-hybridized carbons (Fsp3) is 0.333. The van der Waals surface area contributed by atoms with Gasteiger partial charge >= 0.3 is 5.69 Å². The molecule has 0 saturated carbocycles. The number of hydrogen-bond donors (Lipinski definition) is 0. The van der Waals surface area contributed by atoms with Crippen molar-refractivity contribution >= 4 is 0 Å². The second-order valence-electron chi connectivity index (χ2n) is 4.79. The van der Waals surface area contributed by atoms with Crippen molar-refractivity contribution in [2.45, 2.75) is 33.4 Å². The number of nitrogens with zero attached hydrogens (tertiary/aromatic N) is 2. The molecule has 0 N–H and O–H groups in total. The topological polar surface area (TPSA) is 44.0 Å². The first-order chi connectivity index (χ1) is 9.52. The van der Waals surface area contributed by atoms with E-state index in [-0.39, 0.29) is 23.6 Å². The maximum atomic E-state index is 13.1. The van der Waals surface area contributed by atoms with Gasteiger partial charge in [0.05, 0.1) is 6.54 Å². The van der Waals surface area contributed by atoms with Crippen LogP contribution < -0.4 is 11.2 Å². The van der Waals surface area contributed by atoms with Crippen LogP contribution in [0, 0.1) is 12.7 Å². The molecule has 1 aromatic heterocycles. The quantitative estimate of drug-likeness (QED) is 0.856. The molecule has 0 unspecified atom stereocenters. The zero-order valence-corrected chi connectivity index (χ0v) is 11.6. The number of aryl methyl sites for hydroxylation is 2. The van der Waals surface area contributed by atoms with Crippen LogP contribution in [-0.2, 0) is 13.1 Å². The normalized spacial score (nSPS) is 10.8. The van der Waals surface area contributed by atoms with Crippen LogP contribution in [-0.4, -0.2) is 9.13 Å². The van der Waals surface area contributed by atoms with Gasteiger partial charge in [-0.25, -0.2) is 9.18 Å². The highest BCUT2D eigenvalue weighted by atomic mass is 19.1. The molecule has 1 aromatic carbocycles. The summed E-state index contributed by atoms with van der Waals surface area (Å²) in [4.78, 5) is 24.1. The van der Waals surface area contributed by atoms with Gasteiger partial charge in [-0.3, -0.25) is 9.36 Å². The molecule has 1 heterocycles. The summed E-state index contributed by atoms with van der Waals surface area (Å²) in [5, 5.41) is 0. The summed E-state index contributed by atoms with van der Waals surface area (Å²) in [5.41, 5.74) is 0.816. The third-order valence-electron chi connectivity index (χ3n) is 3.24. The van der Waals surface area contributed by atoms with E-state index in [2.05, 4.69) is 0 Å². The molecule has 0 aliphatic rings. The maximum Gasteiger partial charge on any atom is 0.331 e. The van der Waals surface area contributed by atoms with Crippen LogP contribution in [0.15, 0.2) is 40.1 Å². The minimum Gasteiger partial charge on any atom is -0.300 e. The van der Waals surface area contributed by atoms with Gasteiger partial charge in [0, 0.05) is 18.8 Å². The van der Waals surface area contributed by atoms with E-state index in [9.17, 15) is 14.0 Å². The van der Waals surface area contributed by atoms with Crippen LogP contribution in [0.1, 0.15) is 24.5 Å². The first kappa shape index (κ1) is 14.2. The fourth-order valence-corrected chi connectivity index (χ4v) is 2.12. The summed E-state index contributed by atoms with van der Waals surface area (Å²) >= 11 is 0. The minimum atomic E-state index is -0.342. The Balaban J connectivity index is 2.45. The molecule has 0 aliphatic carbocycles. The molecule has 106 valence electrons. The van der Waals surface area contributed by atoms with Crippen molar-refractivity contribution in [3.63, 3.8) is 0 Å². The van der Waals surface area contributed by atoms with E-state index in [1.807, 2.05) is 6.92 Å². The average molecular weight is 276 g/mol. The van der Waals surface area contributed by atoms with E-state index < -0.39 is 0 Å². The van der Waals surface area contributed by atoms with Crippen molar-refractivity contribution < 1.29 is 4.39 Å². The van der Waals surface area contributed by atoms with Crippen molar-refractivity contribution in [1.82, 2.24) is 9.13 Å². The first-order valence-electron chi connectivity index (χ1n) is 6.58. The maximum absolute atomic E-state index is 13.1. The van der Waals surface area contributed by atoms with Crippen LogP contribution in [0.3, 0.4) is 0 Å². The van der Waals surface area contributed by atoms with Gasteiger partial charge in [0.1, 0.15) is 5.82 Å². The molecule has 2 aromatic rings. The highest BCUT2D eigenvalue weighted by Gasteiger charge is 2.07. The molecule has 20 heavy (non-hydrogen) atoms. The summed E-state index contributed by atoms with van der Waals surface area (Å²) in [6, 6.07) is 5.72. The number of benzene rings is 1. The van der Waals surface area contributed by atoms with Gasteiger partial charge in [-0.15, -0.1) is 0 Å². The molecule has 0 fully saturated rings. The molecule has 0 atom stereocenters. The smallest absolute Gasteiger partial charge is 0.300 e. The third-order valence-corrected chi connectivity index (χ3v) is 3.24. The molecule has 0 bridgehead atoms. The molecular formula is C15H17FN2O2. The molecule has 2 rings (SSSR count). The predicted molar refractivity (Wildman–Crippen MR) is 75.5 cm³/mol. The molecule has 0 aliphatic heterocycles. The molecule has 0 saturated heterocycles. The lowest BCUT2D eigenvalue weighted by molar-refractivity contribution is 0.569. The van der Waals surface area contributed by atoms with E-state index in [1.54, 1.807) is 13.0 Å². The Morgan fingerprint density at radius 3 is 2.60 bits per heavy atom. The fourth-order valence-electron chi connectivity index (χ4n) is 2.12. The zero-order valence-electron chi connectivity index (χ0n) is 11.6. The van der Waals surface area contributed by atoms with E-state index in [0.29, 0.717) is 6.54 Å². The lowest BCUT2D eigenvalue weighted by Gasteiger charge is -2.10. The Morgan fingerprint density at radius 1 is 1.20 bits per heavy atom. The van der Waals surface area contributed by atoms with Gasteiger partial charge in [0.15, 0.2) is 0 Å². The van der Waals surface area contributed by atoms with E-state index >= 15 is 0 Å². The van der Waals surface area contributed by atoms with E-state index in [0.717, 1.165) is 17.5 Å². The predicted octanol–water partition coefficient (Wildman–Crippen LogP) is 1.92. The van der Waals surface area contributed by atoms with Crippen LogP contribution in [0.4, 0.5) is 4.39 Å². The lowest BCUT2D eigenvalue weighted by Crippen LogP contribution is -2.39. The van der Waals surface area contributed by atoms with Gasteiger partial charge in [-0.1, -0.05) is 13.0 Å². The molecule has 5 heteroatoms. The number of halogens is 1. The Kier molecular flexibility index (Phi) is 4.17.